The van der Waals surface area contributed by atoms with Gasteiger partial charge in [-0.2, -0.15) is 4.37 Å². The van der Waals surface area contributed by atoms with Crippen LogP contribution in [0.2, 0.25) is 0 Å². The maximum absolute atomic E-state index is 13.1. The molecule has 0 bridgehead atoms. The molecule has 2 aromatic heterocycles. The van der Waals surface area contributed by atoms with Crippen LogP contribution < -0.4 is 9.80 Å². The Morgan fingerprint density at radius 3 is 2.51 bits per heavy atom. The van der Waals surface area contributed by atoms with Crippen LogP contribution >= 0.6 is 11.5 Å². The van der Waals surface area contributed by atoms with Crippen LogP contribution in [0.25, 0.3) is 0 Å². The number of anilines is 2. The minimum Gasteiger partial charge on any atom is -0.467 e. The molecule has 2 aromatic carbocycles. The van der Waals surface area contributed by atoms with E-state index in [1.807, 2.05) is 17.0 Å². The molecule has 8 heteroatoms. The van der Waals surface area contributed by atoms with E-state index in [1.54, 1.807) is 6.26 Å². The molecule has 0 aliphatic carbocycles. The zero-order chi connectivity index (χ0) is 25.6. The molecular formula is C29H33N5O2S. The first-order chi connectivity index (χ1) is 18.0. The molecule has 0 unspecified atom stereocenters. The molecule has 1 amide bonds. The summed E-state index contributed by atoms with van der Waals surface area (Å²) in [5, 5.41) is 0.815. The molecule has 5 rings (SSSR count). The minimum absolute atomic E-state index is 0.179. The van der Waals surface area contributed by atoms with Crippen LogP contribution in [0.4, 0.5) is 10.8 Å². The number of aryl methyl sites for hydroxylation is 2. The third-order valence-corrected chi connectivity index (χ3v) is 7.64. The molecule has 1 aliphatic heterocycles. The summed E-state index contributed by atoms with van der Waals surface area (Å²) in [7, 11) is 0. The highest BCUT2D eigenvalue weighted by atomic mass is 32.1. The van der Waals surface area contributed by atoms with Gasteiger partial charge in [-0.3, -0.25) is 4.79 Å². The van der Waals surface area contributed by atoms with Crippen molar-refractivity contribution in [3.63, 3.8) is 0 Å². The van der Waals surface area contributed by atoms with Crippen LogP contribution in [0.3, 0.4) is 0 Å². The lowest BCUT2D eigenvalue weighted by atomic mass is 10.1. The summed E-state index contributed by atoms with van der Waals surface area (Å²) in [6.45, 7) is 8.53. The van der Waals surface area contributed by atoms with Crippen molar-refractivity contribution in [1.82, 2.24) is 14.3 Å². The van der Waals surface area contributed by atoms with E-state index in [4.69, 9.17) is 9.40 Å². The van der Waals surface area contributed by atoms with Gasteiger partial charge in [0.15, 0.2) is 0 Å². The van der Waals surface area contributed by atoms with Crippen LogP contribution in [0.15, 0.2) is 71.3 Å². The Morgan fingerprint density at radius 1 is 1.00 bits per heavy atom. The molecule has 1 aliphatic rings. The fourth-order valence-electron chi connectivity index (χ4n) is 4.67. The predicted molar refractivity (Wildman–Crippen MR) is 148 cm³/mol. The third kappa shape index (κ3) is 6.38. The van der Waals surface area contributed by atoms with Crippen molar-refractivity contribution >= 4 is 28.3 Å². The van der Waals surface area contributed by atoms with Gasteiger partial charge >= 0.3 is 0 Å². The number of hydrogen-bond donors (Lipinski definition) is 0. The van der Waals surface area contributed by atoms with E-state index < -0.39 is 0 Å². The van der Waals surface area contributed by atoms with E-state index in [1.165, 1.54) is 33.9 Å². The molecule has 0 spiro atoms. The number of benzene rings is 2. The zero-order valence-corrected chi connectivity index (χ0v) is 22.3. The summed E-state index contributed by atoms with van der Waals surface area (Å²) in [6, 6.07) is 20.7. The third-order valence-electron chi connectivity index (χ3n) is 6.82. The van der Waals surface area contributed by atoms with Crippen LogP contribution in [-0.2, 0) is 17.8 Å². The molecule has 0 radical (unpaired) electrons. The summed E-state index contributed by atoms with van der Waals surface area (Å²) in [5.74, 6) is 1.82. The van der Waals surface area contributed by atoms with Crippen molar-refractivity contribution in [1.29, 1.82) is 0 Å². The molecule has 0 N–H and O–H groups in total. The molecule has 0 atom stereocenters. The van der Waals surface area contributed by atoms with Crippen LogP contribution in [0.5, 0.6) is 0 Å². The fourth-order valence-corrected chi connectivity index (χ4v) is 5.38. The van der Waals surface area contributed by atoms with Gasteiger partial charge in [0.25, 0.3) is 0 Å². The number of para-hydroxylation sites is 1. The summed E-state index contributed by atoms with van der Waals surface area (Å²) in [5.41, 5.74) is 4.96. The van der Waals surface area contributed by atoms with Gasteiger partial charge in [-0.15, -0.1) is 0 Å². The number of rotatable bonds is 9. The van der Waals surface area contributed by atoms with Gasteiger partial charge in [-0.1, -0.05) is 48.0 Å². The van der Waals surface area contributed by atoms with Crippen molar-refractivity contribution < 1.29 is 9.21 Å². The van der Waals surface area contributed by atoms with Crippen molar-refractivity contribution in [3.05, 3.63) is 95.2 Å². The first kappa shape index (κ1) is 25.0. The van der Waals surface area contributed by atoms with E-state index in [9.17, 15) is 4.79 Å². The Morgan fingerprint density at radius 2 is 1.78 bits per heavy atom. The first-order valence-corrected chi connectivity index (χ1v) is 13.6. The largest absolute Gasteiger partial charge is 0.467 e. The van der Waals surface area contributed by atoms with Gasteiger partial charge in [0.05, 0.1) is 12.8 Å². The highest BCUT2D eigenvalue weighted by Crippen LogP contribution is 2.23. The maximum atomic E-state index is 13.1. The predicted octanol–water partition coefficient (Wildman–Crippen LogP) is 5.08. The minimum atomic E-state index is 0.179. The van der Waals surface area contributed by atoms with Crippen molar-refractivity contribution in [2.75, 3.05) is 42.5 Å². The van der Waals surface area contributed by atoms with Gasteiger partial charge in [-0.05, 0) is 43.2 Å². The molecule has 1 saturated heterocycles. The second-order valence-electron chi connectivity index (χ2n) is 9.56. The highest BCUT2D eigenvalue weighted by Gasteiger charge is 2.23. The lowest BCUT2D eigenvalue weighted by Crippen LogP contribution is -2.49. The maximum Gasteiger partial charge on any atom is 0.224 e. The Bertz CT molecular complexity index is 1290. The highest BCUT2D eigenvalue weighted by molar-refractivity contribution is 7.09. The van der Waals surface area contributed by atoms with Gasteiger partial charge in [0, 0.05) is 62.8 Å². The first-order valence-electron chi connectivity index (χ1n) is 12.8. The zero-order valence-electron chi connectivity index (χ0n) is 21.5. The van der Waals surface area contributed by atoms with E-state index in [0.717, 1.165) is 42.9 Å². The Kier molecular flexibility index (Phi) is 7.84. The number of furan rings is 1. The van der Waals surface area contributed by atoms with Crippen LogP contribution in [0.1, 0.15) is 34.7 Å². The summed E-state index contributed by atoms with van der Waals surface area (Å²) in [4.78, 5) is 24.4. The van der Waals surface area contributed by atoms with E-state index in [0.29, 0.717) is 25.9 Å². The number of carbonyl (C=O) groups excluding carboxylic acids is 1. The molecular weight excluding hydrogens is 482 g/mol. The van der Waals surface area contributed by atoms with Crippen molar-refractivity contribution in [2.45, 2.75) is 33.2 Å². The molecule has 192 valence electrons. The second kappa shape index (κ2) is 11.6. The van der Waals surface area contributed by atoms with Crippen LogP contribution in [-0.4, -0.2) is 52.9 Å². The van der Waals surface area contributed by atoms with E-state index in [-0.39, 0.29) is 5.91 Å². The van der Waals surface area contributed by atoms with Gasteiger partial charge in [-0.25, -0.2) is 4.98 Å². The van der Waals surface area contributed by atoms with Gasteiger partial charge in [0.2, 0.25) is 11.0 Å². The normalized spacial score (nSPS) is 13.7. The lowest BCUT2D eigenvalue weighted by molar-refractivity contribution is -0.131. The second-order valence-corrected chi connectivity index (χ2v) is 10.3. The van der Waals surface area contributed by atoms with Gasteiger partial charge in [0.1, 0.15) is 11.6 Å². The summed E-state index contributed by atoms with van der Waals surface area (Å²) in [6.07, 6.45) is 2.79. The Labute approximate surface area is 222 Å². The number of nitrogens with zero attached hydrogens (tertiary/aromatic N) is 5. The monoisotopic (exact) mass is 515 g/mol. The molecule has 3 heterocycles. The number of piperazine rings is 1. The standard InChI is InChI=1S/C29H33N5O2S/c1-22-9-11-24(12-10-22)20-27-30-29(37-31-27)34(21-25-7-5-19-36-25)14-13-28(35)33-17-15-32(16-18-33)26-8-4-3-6-23(26)2/h3-12,19H,13-18,20-21H2,1-2H3. The smallest absolute Gasteiger partial charge is 0.224 e. The quantitative estimate of drug-likeness (QED) is 0.310. The number of amides is 1. The number of aromatic nitrogens is 2. The van der Waals surface area contributed by atoms with E-state index >= 15 is 0 Å². The Balaban J connectivity index is 1.20. The molecule has 37 heavy (non-hydrogen) atoms. The fraction of sp³-hybridized carbons (Fsp3) is 0.345. The molecule has 4 aromatic rings. The average molecular weight is 516 g/mol. The molecule has 1 fully saturated rings. The number of carbonyl (C=O) groups is 1. The van der Waals surface area contributed by atoms with Crippen LogP contribution in [0, 0.1) is 13.8 Å². The van der Waals surface area contributed by atoms with Crippen molar-refractivity contribution in [2.24, 2.45) is 0 Å². The molecule has 7 nitrogen and oxygen atoms in total. The van der Waals surface area contributed by atoms with E-state index in [2.05, 4.69) is 76.6 Å². The summed E-state index contributed by atoms with van der Waals surface area (Å²) < 4.78 is 10.2. The summed E-state index contributed by atoms with van der Waals surface area (Å²) >= 11 is 1.38. The lowest BCUT2D eigenvalue weighted by Gasteiger charge is -2.37. The Hall–Kier alpha value is -3.65. The SMILES string of the molecule is Cc1ccc(Cc2nsc(N(CCC(=O)N3CCN(c4ccccc4C)CC3)Cc3ccco3)n2)cc1. The number of hydrogen-bond acceptors (Lipinski definition) is 7. The molecule has 0 saturated carbocycles. The topological polar surface area (TPSA) is 65.7 Å². The average Bonchev–Trinajstić information content (AvgIpc) is 3.60. The van der Waals surface area contributed by atoms with Crippen molar-refractivity contribution in [3.8, 4) is 0 Å². The van der Waals surface area contributed by atoms with Gasteiger partial charge < -0.3 is 19.1 Å².